The predicted molar refractivity (Wildman–Crippen MR) is 64.1 cm³/mol. The van der Waals surface area contributed by atoms with Crippen molar-refractivity contribution in [3.05, 3.63) is 29.8 Å². The minimum absolute atomic E-state index is 0.103. The molecule has 1 rings (SSSR count). The maximum absolute atomic E-state index is 11.6. The maximum Gasteiger partial charge on any atom is 0.224 e. The van der Waals surface area contributed by atoms with E-state index in [1.165, 1.54) is 5.56 Å². The molecule has 0 aromatic heterocycles. The Kier molecular flexibility index (Phi) is 3.89. The third-order valence-corrected chi connectivity index (χ3v) is 2.49. The fourth-order valence-corrected chi connectivity index (χ4v) is 1.86. The summed E-state index contributed by atoms with van der Waals surface area (Å²) in [5.41, 5.74) is 2.27. The molecule has 1 aromatic carbocycles. The predicted octanol–water partition coefficient (Wildman–Crippen LogP) is 3.01. The Morgan fingerprint density at radius 2 is 1.93 bits per heavy atom. The van der Waals surface area contributed by atoms with E-state index in [1.807, 2.05) is 36.9 Å². The van der Waals surface area contributed by atoms with Crippen molar-refractivity contribution in [2.75, 3.05) is 4.90 Å². The molecule has 0 aliphatic carbocycles. The number of aryl methyl sites for hydroxylation is 1. The Labute approximate surface area is 91.9 Å². The largest absolute Gasteiger partial charge is 0.310 e. The highest BCUT2D eigenvalue weighted by molar-refractivity contribution is 5.92. The molecule has 1 aromatic rings. The number of rotatable bonds is 3. The molecule has 0 saturated carbocycles. The number of hydrogen-bond donors (Lipinski definition) is 0. The zero-order valence-corrected chi connectivity index (χ0v) is 9.95. The van der Waals surface area contributed by atoms with Gasteiger partial charge in [-0.25, -0.2) is 0 Å². The van der Waals surface area contributed by atoms with Crippen molar-refractivity contribution in [2.45, 2.75) is 40.2 Å². The summed E-state index contributed by atoms with van der Waals surface area (Å²) in [6.07, 6.45) is 0.951. The zero-order valence-electron chi connectivity index (χ0n) is 9.95. The van der Waals surface area contributed by atoms with Gasteiger partial charge in [0.05, 0.1) is 0 Å². The summed E-state index contributed by atoms with van der Waals surface area (Å²) in [7, 11) is 0. The summed E-state index contributed by atoms with van der Waals surface area (Å²) in [5, 5.41) is 0. The summed E-state index contributed by atoms with van der Waals surface area (Å²) in [6.45, 7) is 7.80. The number of carbonyl (C=O) groups excluding carboxylic acids is 1. The van der Waals surface area contributed by atoms with Gasteiger partial charge in [-0.1, -0.05) is 25.1 Å². The lowest BCUT2D eigenvalue weighted by atomic mass is 10.1. The Bertz CT molecular complexity index is 344. The minimum atomic E-state index is 0.103. The molecule has 0 radical (unpaired) electrons. The van der Waals surface area contributed by atoms with Crippen LogP contribution >= 0.6 is 0 Å². The minimum Gasteiger partial charge on any atom is -0.310 e. The quantitative estimate of drug-likeness (QED) is 0.742. The monoisotopic (exact) mass is 205 g/mol. The lowest BCUT2D eigenvalue weighted by molar-refractivity contribution is -0.116. The first kappa shape index (κ1) is 11.8. The first-order chi connectivity index (χ1) is 7.07. The van der Waals surface area contributed by atoms with E-state index in [1.54, 1.807) is 6.92 Å². The topological polar surface area (TPSA) is 20.3 Å². The lowest BCUT2D eigenvalue weighted by Crippen LogP contribution is -2.35. The second kappa shape index (κ2) is 4.96. The Balaban J connectivity index is 3.16. The highest BCUT2D eigenvalue weighted by Crippen LogP contribution is 2.22. The lowest BCUT2D eigenvalue weighted by Gasteiger charge is -2.27. The molecule has 2 nitrogen and oxygen atoms in total. The van der Waals surface area contributed by atoms with E-state index in [0.717, 1.165) is 12.1 Å². The third kappa shape index (κ3) is 2.58. The van der Waals surface area contributed by atoms with Crippen molar-refractivity contribution in [3.63, 3.8) is 0 Å². The van der Waals surface area contributed by atoms with Crippen LogP contribution in [-0.4, -0.2) is 11.9 Å². The summed E-state index contributed by atoms with van der Waals surface area (Å²) in [4.78, 5) is 13.4. The molecule has 0 heterocycles. The van der Waals surface area contributed by atoms with Crippen molar-refractivity contribution < 1.29 is 4.79 Å². The summed E-state index contributed by atoms with van der Waals surface area (Å²) in [5.74, 6) is 0.103. The maximum atomic E-state index is 11.6. The van der Waals surface area contributed by atoms with Crippen molar-refractivity contribution >= 4 is 11.6 Å². The summed E-state index contributed by atoms with van der Waals surface area (Å²) < 4.78 is 0. The van der Waals surface area contributed by atoms with Crippen LogP contribution in [0.15, 0.2) is 24.3 Å². The molecule has 1 amide bonds. The normalized spacial score (nSPS) is 10.5. The molecule has 0 fully saturated rings. The first-order valence-corrected chi connectivity index (χ1v) is 5.45. The van der Waals surface area contributed by atoms with Crippen LogP contribution in [0.25, 0.3) is 0 Å². The highest BCUT2D eigenvalue weighted by atomic mass is 16.2. The average Bonchev–Trinajstić information content (AvgIpc) is 2.17. The second-order valence-electron chi connectivity index (χ2n) is 3.97. The van der Waals surface area contributed by atoms with Gasteiger partial charge in [0.2, 0.25) is 5.91 Å². The number of carbonyl (C=O) groups is 1. The van der Waals surface area contributed by atoms with Gasteiger partial charge in [0, 0.05) is 18.7 Å². The highest BCUT2D eigenvalue weighted by Gasteiger charge is 2.16. The third-order valence-electron chi connectivity index (χ3n) is 2.49. The van der Waals surface area contributed by atoms with Crippen LogP contribution < -0.4 is 4.90 Å². The number of hydrogen-bond acceptors (Lipinski definition) is 1. The van der Waals surface area contributed by atoms with Gasteiger partial charge in [0.1, 0.15) is 0 Å². The molecule has 0 bridgehead atoms. The molecule has 2 heteroatoms. The van der Waals surface area contributed by atoms with Gasteiger partial charge >= 0.3 is 0 Å². The van der Waals surface area contributed by atoms with Crippen LogP contribution in [0.3, 0.4) is 0 Å². The van der Waals surface area contributed by atoms with Gasteiger partial charge in [-0.05, 0) is 31.9 Å². The van der Waals surface area contributed by atoms with E-state index in [9.17, 15) is 4.79 Å². The van der Waals surface area contributed by atoms with Crippen molar-refractivity contribution in [1.82, 2.24) is 0 Å². The SMILES string of the molecule is CCc1ccccc1N(C(C)=O)C(C)C. The van der Waals surface area contributed by atoms with E-state index in [2.05, 4.69) is 13.0 Å². The molecule has 0 N–H and O–H groups in total. The van der Waals surface area contributed by atoms with Crippen LogP contribution in [0, 0.1) is 0 Å². The smallest absolute Gasteiger partial charge is 0.224 e. The number of para-hydroxylation sites is 1. The van der Waals surface area contributed by atoms with E-state index in [0.29, 0.717) is 0 Å². The Hall–Kier alpha value is -1.31. The van der Waals surface area contributed by atoms with Gasteiger partial charge in [0.25, 0.3) is 0 Å². The zero-order chi connectivity index (χ0) is 11.4. The van der Waals surface area contributed by atoms with Gasteiger partial charge in [-0.15, -0.1) is 0 Å². The number of anilines is 1. The average molecular weight is 205 g/mol. The van der Waals surface area contributed by atoms with Crippen LogP contribution in [0.5, 0.6) is 0 Å². The number of nitrogens with zero attached hydrogens (tertiary/aromatic N) is 1. The molecule has 0 unspecified atom stereocenters. The van der Waals surface area contributed by atoms with Crippen molar-refractivity contribution in [3.8, 4) is 0 Å². The molecule has 0 aliphatic heterocycles. The van der Waals surface area contributed by atoms with Gasteiger partial charge < -0.3 is 4.90 Å². The van der Waals surface area contributed by atoms with Crippen LogP contribution in [0.2, 0.25) is 0 Å². The van der Waals surface area contributed by atoms with Gasteiger partial charge in [-0.2, -0.15) is 0 Å². The number of benzene rings is 1. The van der Waals surface area contributed by atoms with E-state index in [4.69, 9.17) is 0 Å². The summed E-state index contributed by atoms with van der Waals surface area (Å²) >= 11 is 0. The fraction of sp³-hybridized carbons (Fsp3) is 0.462. The van der Waals surface area contributed by atoms with Crippen molar-refractivity contribution in [2.24, 2.45) is 0 Å². The first-order valence-electron chi connectivity index (χ1n) is 5.45. The number of amides is 1. The van der Waals surface area contributed by atoms with Crippen LogP contribution in [-0.2, 0) is 11.2 Å². The molecule has 0 aliphatic rings. The fourth-order valence-electron chi connectivity index (χ4n) is 1.86. The van der Waals surface area contributed by atoms with E-state index >= 15 is 0 Å². The van der Waals surface area contributed by atoms with E-state index < -0.39 is 0 Å². The van der Waals surface area contributed by atoms with E-state index in [-0.39, 0.29) is 11.9 Å². The van der Waals surface area contributed by atoms with Crippen molar-refractivity contribution in [1.29, 1.82) is 0 Å². The van der Waals surface area contributed by atoms with Crippen LogP contribution in [0.4, 0.5) is 5.69 Å². The second-order valence-corrected chi connectivity index (χ2v) is 3.97. The Morgan fingerprint density at radius 3 is 2.40 bits per heavy atom. The van der Waals surface area contributed by atoms with Gasteiger partial charge in [-0.3, -0.25) is 4.79 Å². The molecule has 0 spiro atoms. The molecular weight excluding hydrogens is 186 g/mol. The molecular formula is C13H19NO. The molecule has 0 saturated heterocycles. The molecule has 82 valence electrons. The molecule has 0 atom stereocenters. The molecule has 15 heavy (non-hydrogen) atoms. The summed E-state index contributed by atoms with van der Waals surface area (Å²) in [6, 6.07) is 8.29. The Morgan fingerprint density at radius 1 is 1.33 bits per heavy atom. The van der Waals surface area contributed by atoms with Crippen LogP contribution in [0.1, 0.15) is 33.3 Å². The van der Waals surface area contributed by atoms with Gasteiger partial charge in [0.15, 0.2) is 0 Å². The standard InChI is InChI=1S/C13H19NO/c1-5-12-8-6-7-9-13(12)14(10(2)3)11(4)15/h6-10H,5H2,1-4H3.